The number of likely N-dealkylation sites (tertiary alicyclic amines) is 1. The Morgan fingerprint density at radius 1 is 1.32 bits per heavy atom. The van der Waals surface area contributed by atoms with Gasteiger partial charge >= 0.3 is 0 Å². The summed E-state index contributed by atoms with van der Waals surface area (Å²) in [6, 6.07) is 1.11. The van der Waals surface area contributed by atoms with Gasteiger partial charge in [-0.1, -0.05) is 6.92 Å². The molecule has 0 aromatic heterocycles. The SMILES string of the molecule is CCOCCCCNC(=NC)NC1CN(C(C)C)CC1C.I. The Balaban J connectivity index is 0.00000441. The number of halogens is 1. The van der Waals surface area contributed by atoms with Crippen molar-refractivity contribution in [3.63, 3.8) is 0 Å². The van der Waals surface area contributed by atoms with Gasteiger partial charge in [0.15, 0.2) is 5.96 Å². The highest BCUT2D eigenvalue weighted by molar-refractivity contribution is 14.0. The van der Waals surface area contributed by atoms with Gasteiger partial charge in [0.25, 0.3) is 0 Å². The first-order valence-electron chi connectivity index (χ1n) is 8.37. The molecule has 1 saturated heterocycles. The van der Waals surface area contributed by atoms with Crippen molar-refractivity contribution in [1.29, 1.82) is 0 Å². The van der Waals surface area contributed by atoms with Crippen molar-refractivity contribution >= 4 is 29.9 Å². The van der Waals surface area contributed by atoms with E-state index >= 15 is 0 Å². The van der Waals surface area contributed by atoms with E-state index in [4.69, 9.17) is 4.74 Å². The fourth-order valence-corrected chi connectivity index (χ4v) is 2.66. The zero-order chi connectivity index (χ0) is 15.7. The van der Waals surface area contributed by atoms with E-state index < -0.39 is 0 Å². The number of ether oxygens (including phenoxy) is 1. The summed E-state index contributed by atoms with van der Waals surface area (Å²) in [5.41, 5.74) is 0. The van der Waals surface area contributed by atoms with Crippen LogP contribution < -0.4 is 10.6 Å². The van der Waals surface area contributed by atoms with Crippen molar-refractivity contribution in [3.8, 4) is 0 Å². The third-order valence-corrected chi connectivity index (χ3v) is 4.13. The second kappa shape index (κ2) is 12.4. The fraction of sp³-hybridized carbons (Fsp3) is 0.938. The molecule has 0 aromatic rings. The number of aliphatic imine (C=N–C) groups is 1. The monoisotopic (exact) mass is 426 g/mol. The molecule has 1 aliphatic rings. The van der Waals surface area contributed by atoms with Crippen LogP contribution in [-0.2, 0) is 4.74 Å². The highest BCUT2D eigenvalue weighted by atomic mass is 127. The lowest BCUT2D eigenvalue weighted by atomic mass is 10.1. The Morgan fingerprint density at radius 3 is 2.59 bits per heavy atom. The quantitative estimate of drug-likeness (QED) is 0.271. The van der Waals surface area contributed by atoms with E-state index in [0.29, 0.717) is 18.0 Å². The molecule has 0 aromatic carbocycles. The van der Waals surface area contributed by atoms with Crippen LogP contribution >= 0.6 is 24.0 Å². The molecule has 1 aliphatic heterocycles. The van der Waals surface area contributed by atoms with Crippen molar-refractivity contribution in [2.24, 2.45) is 10.9 Å². The van der Waals surface area contributed by atoms with E-state index in [0.717, 1.165) is 45.1 Å². The molecule has 1 heterocycles. The molecular formula is C16H35IN4O. The van der Waals surface area contributed by atoms with Crippen LogP contribution in [0.25, 0.3) is 0 Å². The maximum absolute atomic E-state index is 5.34. The topological polar surface area (TPSA) is 48.9 Å². The molecule has 1 fully saturated rings. The molecule has 22 heavy (non-hydrogen) atoms. The van der Waals surface area contributed by atoms with Gasteiger partial charge in [-0.05, 0) is 39.5 Å². The maximum Gasteiger partial charge on any atom is 0.191 e. The second-order valence-corrected chi connectivity index (χ2v) is 6.18. The van der Waals surface area contributed by atoms with E-state index in [9.17, 15) is 0 Å². The number of rotatable bonds is 8. The Bertz CT molecular complexity index is 313. The van der Waals surface area contributed by atoms with Crippen molar-refractivity contribution in [2.45, 2.75) is 52.6 Å². The molecule has 0 spiro atoms. The van der Waals surface area contributed by atoms with Crippen LogP contribution in [0.4, 0.5) is 0 Å². The molecule has 2 N–H and O–H groups in total. The van der Waals surface area contributed by atoms with Crippen LogP contribution in [0.5, 0.6) is 0 Å². The van der Waals surface area contributed by atoms with Crippen LogP contribution in [0.3, 0.4) is 0 Å². The normalized spacial score (nSPS) is 22.7. The lowest BCUT2D eigenvalue weighted by Gasteiger charge is -2.22. The summed E-state index contributed by atoms with van der Waals surface area (Å²) in [7, 11) is 1.84. The molecule has 132 valence electrons. The largest absolute Gasteiger partial charge is 0.382 e. The summed E-state index contributed by atoms with van der Waals surface area (Å²) in [4.78, 5) is 6.86. The lowest BCUT2D eigenvalue weighted by Crippen LogP contribution is -2.47. The van der Waals surface area contributed by atoms with E-state index in [2.05, 4.69) is 41.3 Å². The first-order valence-corrected chi connectivity index (χ1v) is 8.37. The lowest BCUT2D eigenvalue weighted by molar-refractivity contribution is 0.143. The molecule has 6 heteroatoms. The van der Waals surface area contributed by atoms with E-state index in [1.54, 1.807) is 0 Å². The van der Waals surface area contributed by atoms with Crippen molar-refractivity contribution in [1.82, 2.24) is 15.5 Å². The second-order valence-electron chi connectivity index (χ2n) is 6.18. The minimum atomic E-state index is 0. The summed E-state index contributed by atoms with van der Waals surface area (Å²) in [5, 5.41) is 6.97. The van der Waals surface area contributed by atoms with Crippen LogP contribution in [0.2, 0.25) is 0 Å². The summed E-state index contributed by atoms with van der Waals surface area (Å²) in [5.74, 6) is 1.58. The van der Waals surface area contributed by atoms with Crippen molar-refractivity contribution < 1.29 is 4.74 Å². The maximum atomic E-state index is 5.34. The smallest absolute Gasteiger partial charge is 0.191 e. The number of nitrogens with one attached hydrogen (secondary N) is 2. The first kappa shape index (κ1) is 21.9. The van der Waals surface area contributed by atoms with Gasteiger partial charge < -0.3 is 15.4 Å². The van der Waals surface area contributed by atoms with Gasteiger partial charge in [-0.2, -0.15) is 0 Å². The van der Waals surface area contributed by atoms with E-state index in [1.807, 2.05) is 14.0 Å². The van der Waals surface area contributed by atoms with Crippen LogP contribution in [0.1, 0.15) is 40.5 Å². The highest BCUT2D eigenvalue weighted by Crippen LogP contribution is 2.18. The zero-order valence-electron chi connectivity index (χ0n) is 14.9. The predicted molar refractivity (Wildman–Crippen MR) is 105 cm³/mol. The summed E-state index contributed by atoms with van der Waals surface area (Å²) >= 11 is 0. The van der Waals surface area contributed by atoms with Gasteiger partial charge in [0.1, 0.15) is 0 Å². The number of hydrogen-bond donors (Lipinski definition) is 2. The minimum absolute atomic E-state index is 0. The molecule has 2 atom stereocenters. The first-order chi connectivity index (χ1) is 10.1. The van der Waals surface area contributed by atoms with Gasteiger partial charge in [0.2, 0.25) is 0 Å². The highest BCUT2D eigenvalue weighted by Gasteiger charge is 2.31. The van der Waals surface area contributed by atoms with Crippen LogP contribution in [0.15, 0.2) is 4.99 Å². The summed E-state index contributed by atoms with van der Waals surface area (Å²) < 4.78 is 5.34. The Morgan fingerprint density at radius 2 is 2.05 bits per heavy atom. The Labute approximate surface area is 153 Å². The average molecular weight is 426 g/mol. The number of unbranched alkanes of at least 4 members (excludes halogenated alkanes) is 1. The Kier molecular flexibility index (Phi) is 12.3. The third kappa shape index (κ3) is 7.97. The zero-order valence-corrected chi connectivity index (χ0v) is 17.2. The molecule has 0 amide bonds. The summed E-state index contributed by atoms with van der Waals surface area (Å²) in [6.45, 7) is 13.8. The molecule has 2 unspecified atom stereocenters. The Hall–Kier alpha value is -0.0800. The molecule has 0 radical (unpaired) electrons. The molecule has 0 bridgehead atoms. The third-order valence-electron chi connectivity index (χ3n) is 4.13. The standard InChI is InChI=1S/C16H34N4O.HI/c1-6-21-10-8-7-9-18-16(17-5)19-15-12-20(13(2)3)11-14(15)4;/h13-15H,6-12H2,1-5H3,(H2,17,18,19);1H. The number of nitrogens with zero attached hydrogens (tertiary/aromatic N) is 2. The van der Waals surface area contributed by atoms with Gasteiger partial charge in [0.05, 0.1) is 0 Å². The summed E-state index contributed by atoms with van der Waals surface area (Å²) in [6.07, 6.45) is 2.21. The van der Waals surface area contributed by atoms with Gasteiger partial charge in [-0.25, -0.2) is 0 Å². The van der Waals surface area contributed by atoms with Gasteiger partial charge in [0, 0.05) is 52.0 Å². The van der Waals surface area contributed by atoms with Crippen LogP contribution in [-0.4, -0.2) is 62.8 Å². The number of hydrogen-bond acceptors (Lipinski definition) is 3. The predicted octanol–water partition coefficient (Wildman–Crippen LogP) is 2.31. The van der Waals surface area contributed by atoms with Gasteiger partial charge in [-0.3, -0.25) is 9.89 Å². The molecular weight excluding hydrogens is 391 g/mol. The number of guanidine groups is 1. The molecule has 1 rings (SSSR count). The minimum Gasteiger partial charge on any atom is -0.382 e. The van der Waals surface area contributed by atoms with Crippen molar-refractivity contribution in [3.05, 3.63) is 0 Å². The van der Waals surface area contributed by atoms with Gasteiger partial charge in [-0.15, -0.1) is 24.0 Å². The van der Waals surface area contributed by atoms with E-state index in [-0.39, 0.29) is 24.0 Å². The van der Waals surface area contributed by atoms with E-state index in [1.165, 1.54) is 6.54 Å². The molecule has 5 nitrogen and oxygen atoms in total. The molecule has 0 saturated carbocycles. The molecule has 0 aliphatic carbocycles. The average Bonchev–Trinajstić information content (AvgIpc) is 2.82. The fourth-order valence-electron chi connectivity index (χ4n) is 2.66. The van der Waals surface area contributed by atoms with Crippen LogP contribution in [0, 0.1) is 5.92 Å². The van der Waals surface area contributed by atoms with Crippen molar-refractivity contribution in [2.75, 3.05) is 39.9 Å².